The van der Waals surface area contributed by atoms with E-state index >= 15 is 0 Å². The number of phenolic OH excluding ortho intramolecular Hbond substituents is 1. The highest BCUT2D eigenvalue weighted by Crippen LogP contribution is 2.13. The number of phenols is 1. The van der Waals surface area contributed by atoms with Gasteiger partial charge in [0.15, 0.2) is 0 Å². The first-order valence-electron chi connectivity index (χ1n) is 5.82. The van der Waals surface area contributed by atoms with Crippen molar-refractivity contribution in [2.45, 2.75) is 18.6 Å². The third kappa shape index (κ3) is 13.9. The summed E-state index contributed by atoms with van der Waals surface area (Å²) in [5.41, 5.74) is 10.2. The van der Waals surface area contributed by atoms with Crippen LogP contribution in [0.3, 0.4) is 0 Å². The van der Waals surface area contributed by atoms with Crippen LogP contribution in [-0.4, -0.2) is 50.7 Å². The van der Waals surface area contributed by atoms with E-state index in [0.29, 0.717) is 0 Å². The summed E-state index contributed by atoms with van der Waals surface area (Å²) < 4.78 is 31.7. The van der Waals surface area contributed by atoms with E-state index in [1.54, 1.807) is 12.1 Å². The van der Waals surface area contributed by atoms with Crippen molar-refractivity contribution >= 4 is 18.0 Å². The molecule has 1 aromatic carbocycles. The topological polar surface area (TPSA) is 184 Å². The number of rotatable bonds is 3. The number of hydrogen-bond donors (Lipinski definition) is 6. The molecule has 1 amide bonds. The molecule has 0 saturated carbocycles. The van der Waals surface area contributed by atoms with Crippen molar-refractivity contribution in [2.24, 2.45) is 11.5 Å². The van der Waals surface area contributed by atoms with Gasteiger partial charge in [-0.2, -0.15) is 13.2 Å². The van der Waals surface area contributed by atoms with Gasteiger partial charge in [0.05, 0.1) is 0 Å². The quantitative estimate of drug-likeness (QED) is 0.454. The molecule has 0 radical (unpaired) electrons. The molecule has 1 rings (SSSR count). The lowest BCUT2D eigenvalue weighted by molar-refractivity contribution is -0.192. The molecule has 1 aromatic rings. The third-order valence-electron chi connectivity index (χ3n) is 1.95. The zero-order valence-electron chi connectivity index (χ0n) is 11.9. The fourth-order valence-electron chi connectivity index (χ4n) is 0.973. The smallest absolute Gasteiger partial charge is 0.490 e. The average Bonchev–Trinajstić information content (AvgIpc) is 2.40. The van der Waals surface area contributed by atoms with Gasteiger partial charge in [-0.3, -0.25) is 4.79 Å². The van der Waals surface area contributed by atoms with Crippen LogP contribution in [-0.2, 0) is 16.0 Å². The van der Waals surface area contributed by atoms with Crippen LogP contribution in [0, 0.1) is 0 Å². The lowest BCUT2D eigenvalue weighted by atomic mass is 10.1. The molecule has 0 aliphatic rings. The summed E-state index contributed by atoms with van der Waals surface area (Å²) in [6, 6.07) is 5.42. The second-order valence-corrected chi connectivity index (χ2v) is 3.96. The molecule has 0 bridgehead atoms. The normalized spacial score (nSPS) is 11.0. The van der Waals surface area contributed by atoms with Gasteiger partial charge in [-0.1, -0.05) is 12.1 Å². The molecule has 0 aliphatic carbocycles. The van der Waals surface area contributed by atoms with Crippen LogP contribution in [0.2, 0.25) is 0 Å². The molecule has 0 fully saturated rings. The van der Waals surface area contributed by atoms with Crippen LogP contribution in [0.4, 0.5) is 18.0 Å². The first-order valence-corrected chi connectivity index (χ1v) is 5.82. The summed E-state index contributed by atoms with van der Waals surface area (Å²) >= 11 is 0. The summed E-state index contributed by atoms with van der Waals surface area (Å²) in [5.74, 6) is -3.62. The van der Waals surface area contributed by atoms with E-state index in [2.05, 4.69) is 5.73 Å². The third-order valence-corrected chi connectivity index (χ3v) is 1.95. The lowest BCUT2D eigenvalue weighted by Gasteiger charge is -2.05. The Hall–Kier alpha value is -3.02. The van der Waals surface area contributed by atoms with Gasteiger partial charge in [0.25, 0.3) is 0 Å². The fraction of sp³-hybridized carbons (Fsp3) is 0.250. The molecule has 9 nitrogen and oxygen atoms in total. The van der Waals surface area contributed by atoms with E-state index in [4.69, 9.17) is 35.7 Å². The molecular weight excluding hydrogens is 341 g/mol. The zero-order valence-corrected chi connectivity index (χ0v) is 11.9. The van der Waals surface area contributed by atoms with Crippen molar-refractivity contribution in [1.82, 2.24) is 0 Å². The first-order chi connectivity index (χ1) is 10.8. The summed E-state index contributed by atoms with van der Waals surface area (Å²) in [6.45, 7) is 0. The van der Waals surface area contributed by atoms with Crippen molar-refractivity contribution in [3.8, 4) is 5.75 Å². The summed E-state index contributed by atoms with van der Waals surface area (Å²) in [7, 11) is 0. The van der Waals surface area contributed by atoms with Crippen molar-refractivity contribution in [3.63, 3.8) is 0 Å². The number of benzene rings is 1. The minimum Gasteiger partial charge on any atom is -0.508 e. The Kier molecular flexibility index (Phi) is 10.3. The maximum Gasteiger partial charge on any atom is 0.490 e. The molecule has 0 heterocycles. The van der Waals surface area contributed by atoms with Crippen LogP contribution in [0.5, 0.6) is 5.75 Å². The number of hydrogen-bond acceptors (Lipinski definition) is 5. The highest BCUT2D eigenvalue weighted by molar-refractivity contribution is 5.73. The average molecular weight is 356 g/mol. The number of carboxylic acids is 2. The standard InChI is InChI=1S/C9H11NO3.C2HF3O2.CH3NO2/c10-8(9(12)13)5-6-1-3-7(11)4-2-6;3-2(4,5)1(6)7;2-1(3)4/h1-4,8,11H,5,10H2,(H,12,13);(H,6,7);2H2,(H,3,4)/t8-;;/m0../s1. The maximum absolute atomic E-state index is 10.6. The van der Waals surface area contributed by atoms with Crippen molar-refractivity contribution in [3.05, 3.63) is 29.8 Å². The van der Waals surface area contributed by atoms with Crippen LogP contribution in [0.25, 0.3) is 0 Å². The molecule has 0 aromatic heterocycles. The van der Waals surface area contributed by atoms with E-state index in [-0.39, 0.29) is 12.2 Å². The van der Waals surface area contributed by atoms with E-state index in [0.717, 1.165) is 5.56 Å². The minimum absolute atomic E-state index is 0.160. The largest absolute Gasteiger partial charge is 0.508 e. The van der Waals surface area contributed by atoms with Gasteiger partial charge in [-0.25, -0.2) is 9.59 Å². The van der Waals surface area contributed by atoms with Gasteiger partial charge < -0.3 is 31.9 Å². The van der Waals surface area contributed by atoms with Crippen molar-refractivity contribution in [1.29, 1.82) is 0 Å². The van der Waals surface area contributed by atoms with Crippen LogP contribution in [0.15, 0.2) is 24.3 Å². The molecule has 136 valence electrons. The van der Waals surface area contributed by atoms with Gasteiger partial charge in [0.2, 0.25) is 0 Å². The fourth-order valence-corrected chi connectivity index (χ4v) is 0.973. The molecule has 8 N–H and O–H groups in total. The Morgan fingerprint density at radius 1 is 1.04 bits per heavy atom. The molecular formula is C12H15F3N2O7. The lowest BCUT2D eigenvalue weighted by Crippen LogP contribution is -2.32. The van der Waals surface area contributed by atoms with E-state index in [9.17, 15) is 18.0 Å². The van der Waals surface area contributed by atoms with E-state index < -0.39 is 30.2 Å². The molecule has 0 unspecified atom stereocenters. The van der Waals surface area contributed by atoms with Gasteiger partial charge >= 0.3 is 24.2 Å². The van der Waals surface area contributed by atoms with Gasteiger partial charge in [0, 0.05) is 0 Å². The number of carbonyl (C=O) groups is 3. The van der Waals surface area contributed by atoms with Gasteiger partial charge in [0.1, 0.15) is 11.8 Å². The van der Waals surface area contributed by atoms with E-state index in [1.165, 1.54) is 12.1 Å². The van der Waals surface area contributed by atoms with Crippen LogP contribution >= 0.6 is 0 Å². The SMILES string of the molecule is NC(=O)O.N[C@@H](Cc1ccc(O)cc1)C(=O)O.O=C(O)C(F)(F)F. The molecule has 0 aliphatic heterocycles. The molecule has 1 atom stereocenters. The second kappa shape index (κ2) is 10.7. The highest BCUT2D eigenvalue weighted by atomic mass is 19.4. The summed E-state index contributed by atoms with van der Waals surface area (Å²) in [5, 5.41) is 31.8. The minimum atomic E-state index is -5.08. The summed E-state index contributed by atoms with van der Waals surface area (Å²) in [4.78, 5) is 28.1. The molecule has 12 heteroatoms. The number of aromatic hydroxyl groups is 1. The Balaban J connectivity index is 0. The number of halogens is 3. The zero-order chi connectivity index (χ0) is 19.5. The Labute approximate surface area is 132 Å². The van der Waals surface area contributed by atoms with Crippen LogP contribution in [0.1, 0.15) is 5.56 Å². The van der Waals surface area contributed by atoms with Crippen molar-refractivity contribution in [2.75, 3.05) is 0 Å². The van der Waals surface area contributed by atoms with E-state index in [1.807, 2.05) is 0 Å². The predicted molar refractivity (Wildman–Crippen MR) is 73.3 cm³/mol. The number of amides is 1. The van der Waals surface area contributed by atoms with Crippen molar-refractivity contribution < 1.29 is 48.0 Å². The predicted octanol–water partition coefficient (Wildman–Crippen LogP) is 0.603. The number of carboxylic acid groups (broad SMARTS) is 3. The van der Waals surface area contributed by atoms with Crippen LogP contribution < -0.4 is 11.5 Å². The van der Waals surface area contributed by atoms with Gasteiger partial charge in [-0.15, -0.1) is 0 Å². The maximum atomic E-state index is 10.6. The molecule has 0 spiro atoms. The Morgan fingerprint density at radius 3 is 1.62 bits per heavy atom. The Bertz CT molecular complexity index is 543. The monoisotopic (exact) mass is 356 g/mol. The molecule has 0 saturated heterocycles. The molecule has 24 heavy (non-hydrogen) atoms. The van der Waals surface area contributed by atoms with Gasteiger partial charge in [-0.05, 0) is 24.1 Å². The summed E-state index contributed by atoms with van der Waals surface area (Å²) in [6.07, 6.45) is -6.14. The highest BCUT2D eigenvalue weighted by Gasteiger charge is 2.38. The number of nitrogens with two attached hydrogens (primary N) is 2. The first kappa shape index (κ1) is 23.2. The second-order valence-electron chi connectivity index (χ2n) is 3.96. The Morgan fingerprint density at radius 2 is 1.38 bits per heavy atom. The number of primary amides is 1. The number of alkyl halides is 3. The number of aliphatic carboxylic acids is 2.